The van der Waals surface area contributed by atoms with Gasteiger partial charge in [-0.25, -0.2) is 0 Å². The van der Waals surface area contributed by atoms with E-state index in [1.807, 2.05) is 0 Å². The molecule has 0 aromatic heterocycles. The molecule has 1 aromatic carbocycles. The van der Waals surface area contributed by atoms with E-state index < -0.39 is 0 Å². The van der Waals surface area contributed by atoms with Crippen molar-refractivity contribution in [1.82, 2.24) is 0 Å². The number of fused-ring (bicyclic) bond motifs is 1. The van der Waals surface area contributed by atoms with Gasteiger partial charge in [-0.15, -0.1) is 0 Å². The van der Waals surface area contributed by atoms with Crippen LogP contribution in [-0.4, -0.2) is 0 Å². The average Bonchev–Trinajstić information content (AvgIpc) is 2.47. The molecule has 11 heavy (non-hydrogen) atoms. The zero-order valence-electron chi connectivity index (χ0n) is 5.92. The molecule has 0 aliphatic heterocycles. The molecule has 2 rings (SSSR count). The van der Waals surface area contributed by atoms with E-state index in [0.717, 1.165) is 0 Å². The van der Waals surface area contributed by atoms with Crippen molar-refractivity contribution in [3.63, 3.8) is 0 Å². The van der Waals surface area contributed by atoms with Gasteiger partial charge in [0.2, 0.25) is 0 Å². The summed E-state index contributed by atoms with van der Waals surface area (Å²) < 4.78 is 0.563. The van der Waals surface area contributed by atoms with E-state index in [0.29, 0.717) is 4.22 Å². The maximum atomic E-state index is 5.91. The monoisotopic (exact) mass is 198 g/mol. The van der Waals surface area contributed by atoms with Gasteiger partial charge in [0.1, 0.15) is 0 Å². The molecule has 0 saturated carbocycles. The summed E-state index contributed by atoms with van der Waals surface area (Å²) in [6.45, 7) is 0. The third-order valence-electron chi connectivity index (χ3n) is 1.92. The van der Waals surface area contributed by atoms with Gasteiger partial charge in [-0.05, 0) is 0 Å². The Balaban J connectivity index is 2.46. The molecule has 0 bridgehead atoms. The van der Waals surface area contributed by atoms with Gasteiger partial charge in [-0.2, -0.15) is 0 Å². The molecule has 0 spiro atoms. The number of hydrogen-bond donors (Lipinski definition) is 0. The van der Waals surface area contributed by atoms with E-state index >= 15 is 0 Å². The Morgan fingerprint density at radius 3 is 2.91 bits per heavy atom. The molecule has 1 aliphatic rings. The summed E-state index contributed by atoms with van der Waals surface area (Å²) >= 11 is -0.321. The van der Waals surface area contributed by atoms with Crippen LogP contribution in [0.5, 0.6) is 0 Å². The summed E-state index contributed by atoms with van der Waals surface area (Å²) in [6, 6.07) is 8.47. The van der Waals surface area contributed by atoms with E-state index in [4.69, 9.17) is 9.30 Å². The minimum absolute atomic E-state index is 0.321. The molecule has 0 saturated heterocycles. The number of allylic oxidation sites excluding steroid dienone is 1. The second kappa shape index (κ2) is 3.14. The van der Waals surface area contributed by atoms with Crippen LogP contribution in [0.2, 0.25) is 0 Å². The zero-order chi connectivity index (χ0) is 7.68. The Kier molecular flexibility index (Phi) is 2.17. The van der Waals surface area contributed by atoms with Crippen LogP contribution < -0.4 is 0 Å². The van der Waals surface area contributed by atoms with Crippen LogP contribution in [0.15, 0.2) is 30.3 Å². The summed E-state index contributed by atoms with van der Waals surface area (Å²) in [5.41, 5.74) is 2.77. The van der Waals surface area contributed by atoms with Gasteiger partial charge in [0.05, 0.1) is 0 Å². The van der Waals surface area contributed by atoms with Crippen LogP contribution in [-0.2, 0) is 18.1 Å². The quantitative estimate of drug-likeness (QED) is 0.609. The van der Waals surface area contributed by atoms with Crippen molar-refractivity contribution < 1.29 is 18.1 Å². The summed E-state index contributed by atoms with van der Waals surface area (Å²) in [4.78, 5) is 0. The molecule has 1 aliphatic carbocycles. The molecule has 1 aromatic rings. The predicted molar refractivity (Wildman–Crippen MR) is 44.1 cm³/mol. The molecule has 54 valence electrons. The van der Waals surface area contributed by atoms with Gasteiger partial charge in [-0.3, -0.25) is 0 Å². The van der Waals surface area contributed by atoms with Crippen LogP contribution in [0.3, 0.4) is 0 Å². The second-order valence-corrected chi connectivity index (χ2v) is 4.79. The van der Waals surface area contributed by atoms with Crippen LogP contribution in [0.1, 0.15) is 15.3 Å². The maximum absolute atomic E-state index is 5.91. The van der Waals surface area contributed by atoms with Gasteiger partial charge in [-0.1, -0.05) is 0 Å². The third kappa shape index (κ3) is 1.31. The zero-order valence-corrected chi connectivity index (χ0v) is 8.24. The Morgan fingerprint density at radius 2 is 2.09 bits per heavy atom. The molecule has 0 radical (unpaired) electrons. The fourth-order valence-electron chi connectivity index (χ4n) is 1.34. The summed E-state index contributed by atoms with van der Waals surface area (Å²) in [6.07, 6.45) is 4.39. The van der Waals surface area contributed by atoms with E-state index in [1.165, 1.54) is 11.1 Å². The average molecular weight is 198 g/mol. The summed E-state index contributed by atoms with van der Waals surface area (Å²) in [5, 5.41) is 0. The molecule has 0 N–H and O–H groups in total. The molecule has 0 heterocycles. The standard InChI is InChI=1S/C9H7.ClH.Ti/c1-2-5-9-7-3-6-8(9)4-1;;/h1-7H;1H;/q;;+1/p-1. The number of hydrogen-bond acceptors (Lipinski definition) is 0. The normalized spacial score (nSPS) is 19.9. The number of halogens is 1. The molecule has 2 heteroatoms. The van der Waals surface area contributed by atoms with Gasteiger partial charge < -0.3 is 0 Å². The van der Waals surface area contributed by atoms with Crippen molar-refractivity contribution in [1.29, 1.82) is 0 Å². The molecule has 1 unspecified atom stereocenters. The molecule has 0 fully saturated rings. The number of rotatable bonds is 1. The van der Waals surface area contributed by atoms with Gasteiger partial charge in [0.25, 0.3) is 0 Å². The fraction of sp³-hybridized carbons (Fsp3) is 0.111. The summed E-state index contributed by atoms with van der Waals surface area (Å²) in [7, 11) is 5.91. The van der Waals surface area contributed by atoms with Crippen LogP contribution >= 0.6 is 9.30 Å². The van der Waals surface area contributed by atoms with E-state index in [2.05, 4.69) is 36.4 Å². The van der Waals surface area contributed by atoms with Crippen molar-refractivity contribution in [2.45, 2.75) is 4.22 Å². The Hall–Kier alpha value is -0.0357. The Morgan fingerprint density at radius 1 is 1.27 bits per heavy atom. The van der Waals surface area contributed by atoms with Crippen LogP contribution in [0, 0.1) is 0 Å². The Bertz CT molecular complexity index is 293. The van der Waals surface area contributed by atoms with Crippen molar-refractivity contribution in [3.05, 3.63) is 41.5 Å². The molecular weight excluding hydrogens is 191 g/mol. The van der Waals surface area contributed by atoms with Crippen LogP contribution in [0.4, 0.5) is 0 Å². The first-order chi connectivity index (χ1) is 5.42. The minimum atomic E-state index is -0.321. The molecule has 0 nitrogen and oxygen atoms in total. The van der Waals surface area contributed by atoms with Crippen molar-refractivity contribution in [2.24, 2.45) is 0 Å². The first-order valence-corrected chi connectivity index (χ1v) is 6.60. The number of benzene rings is 1. The molecule has 1 atom stereocenters. The van der Waals surface area contributed by atoms with Gasteiger partial charge >= 0.3 is 79.2 Å². The third-order valence-corrected chi connectivity index (χ3v) is 4.04. The van der Waals surface area contributed by atoms with Gasteiger partial charge in [0.15, 0.2) is 0 Å². The van der Waals surface area contributed by atoms with E-state index in [1.54, 1.807) is 0 Å². The fourth-order valence-corrected chi connectivity index (χ4v) is 2.99. The van der Waals surface area contributed by atoms with Gasteiger partial charge in [0, 0.05) is 0 Å². The topological polar surface area (TPSA) is 0 Å². The van der Waals surface area contributed by atoms with E-state index in [-0.39, 0.29) is 18.1 Å². The van der Waals surface area contributed by atoms with Crippen LogP contribution in [0.25, 0.3) is 6.08 Å². The SMILES string of the molecule is [Cl][Ti][CH]1C=Cc2ccccc21. The van der Waals surface area contributed by atoms with Crippen molar-refractivity contribution >= 4 is 15.4 Å². The Labute approximate surface area is 79.1 Å². The molecular formula is C9H7ClTi. The van der Waals surface area contributed by atoms with Crippen molar-refractivity contribution in [3.8, 4) is 0 Å². The second-order valence-electron chi connectivity index (χ2n) is 2.57. The first kappa shape index (κ1) is 7.60. The molecule has 0 amide bonds. The predicted octanol–water partition coefficient (Wildman–Crippen LogP) is 2.99. The first-order valence-electron chi connectivity index (χ1n) is 3.55. The van der Waals surface area contributed by atoms with Crippen molar-refractivity contribution in [2.75, 3.05) is 0 Å². The summed E-state index contributed by atoms with van der Waals surface area (Å²) in [5.74, 6) is 0. The van der Waals surface area contributed by atoms with E-state index in [9.17, 15) is 0 Å².